The maximum atomic E-state index is 12.5. The predicted molar refractivity (Wildman–Crippen MR) is 102 cm³/mol. The number of nitrogens with zero attached hydrogens (tertiary/aromatic N) is 1. The summed E-state index contributed by atoms with van der Waals surface area (Å²) in [4.78, 5) is 39.2. The van der Waals surface area contributed by atoms with Crippen LogP contribution in [0.15, 0.2) is 30.3 Å². The van der Waals surface area contributed by atoms with E-state index in [2.05, 4.69) is 10.6 Å². The Morgan fingerprint density at radius 1 is 1.26 bits per heavy atom. The van der Waals surface area contributed by atoms with Gasteiger partial charge in [0.05, 0.1) is 6.54 Å². The Labute approximate surface area is 160 Å². The molecule has 1 heterocycles. The van der Waals surface area contributed by atoms with E-state index < -0.39 is 17.9 Å². The fourth-order valence-corrected chi connectivity index (χ4v) is 3.04. The summed E-state index contributed by atoms with van der Waals surface area (Å²) < 4.78 is 5.33. The van der Waals surface area contributed by atoms with Crippen LogP contribution in [0.4, 0.5) is 0 Å². The molecule has 27 heavy (non-hydrogen) atoms. The van der Waals surface area contributed by atoms with Gasteiger partial charge >= 0.3 is 5.97 Å². The first-order chi connectivity index (χ1) is 12.9. The molecule has 1 aromatic carbocycles. The summed E-state index contributed by atoms with van der Waals surface area (Å²) in [5.74, 6) is -1.32. The van der Waals surface area contributed by atoms with Crippen molar-refractivity contribution in [1.29, 1.82) is 0 Å². The lowest BCUT2D eigenvalue weighted by atomic mass is 10.1. The van der Waals surface area contributed by atoms with Crippen LogP contribution in [-0.2, 0) is 25.7 Å². The fourth-order valence-electron chi connectivity index (χ4n) is 3.04. The minimum absolute atomic E-state index is 0.0537. The van der Waals surface area contributed by atoms with Crippen molar-refractivity contribution in [3.8, 4) is 0 Å². The van der Waals surface area contributed by atoms with Crippen molar-refractivity contribution >= 4 is 17.8 Å². The number of amides is 2. The number of ether oxygens (including phenoxy) is 1. The van der Waals surface area contributed by atoms with Crippen molar-refractivity contribution in [1.82, 2.24) is 15.5 Å². The Morgan fingerprint density at radius 3 is 2.59 bits per heavy atom. The summed E-state index contributed by atoms with van der Waals surface area (Å²) >= 11 is 0. The number of nitrogens with one attached hydrogen (secondary N) is 2. The van der Waals surface area contributed by atoms with Crippen LogP contribution in [0.25, 0.3) is 0 Å². The smallest absolute Gasteiger partial charge is 0.333 e. The van der Waals surface area contributed by atoms with Gasteiger partial charge in [-0.15, -0.1) is 0 Å². The number of carbonyl (C=O) groups is 3. The lowest BCUT2D eigenvalue weighted by Crippen LogP contribution is -2.57. The molecule has 0 radical (unpaired) electrons. The summed E-state index contributed by atoms with van der Waals surface area (Å²) in [6, 6.07) is 8.15. The molecule has 1 aromatic rings. The molecule has 1 saturated heterocycles. The molecule has 7 nitrogen and oxygen atoms in total. The van der Waals surface area contributed by atoms with Gasteiger partial charge in [-0.1, -0.05) is 37.3 Å². The lowest BCUT2D eigenvalue weighted by Gasteiger charge is -2.32. The van der Waals surface area contributed by atoms with E-state index in [0.29, 0.717) is 13.0 Å². The van der Waals surface area contributed by atoms with Gasteiger partial charge < -0.3 is 15.0 Å². The van der Waals surface area contributed by atoms with Crippen molar-refractivity contribution in [3.05, 3.63) is 35.9 Å². The van der Waals surface area contributed by atoms with Crippen molar-refractivity contribution in [2.24, 2.45) is 0 Å². The Balaban J connectivity index is 2.07. The fraction of sp³-hybridized carbons (Fsp3) is 0.550. The third-order valence-electron chi connectivity index (χ3n) is 4.69. The molecule has 1 aliphatic rings. The van der Waals surface area contributed by atoms with E-state index >= 15 is 0 Å². The van der Waals surface area contributed by atoms with Gasteiger partial charge in [-0.3, -0.25) is 14.9 Å². The second-order valence-electron chi connectivity index (χ2n) is 6.99. The maximum Gasteiger partial charge on any atom is 0.333 e. The lowest BCUT2D eigenvalue weighted by molar-refractivity contribution is -0.152. The van der Waals surface area contributed by atoms with Crippen LogP contribution >= 0.6 is 0 Å². The third kappa shape index (κ3) is 6.06. The Morgan fingerprint density at radius 2 is 1.96 bits per heavy atom. The van der Waals surface area contributed by atoms with Crippen molar-refractivity contribution in [2.45, 2.75) is 58.3 Å². The number of benzene rings is 1. The quantitative estimate of drug-likeness (QED) is 0.597. The second kappa shape index (κ2) is 10.1. The summed E-state index contributed by atoms with van der Waals surface area (Å²) in [6.45, 7) is 6.42. The van der Waals surface area contributed by atoms with Gasteiger partial charge in [0.2, 0.25) is 11.8 Å². The number of hydrogen-bond acceptors (Lipinski definition) is 5. The largest absolute Gasteiger partial charge is 0.459 e. The van der Waals surface area contributed by atoms with Gasteiger partial charge in [-0.25, -0.2) is 4.79 Å². The van der Waals surface area contributed by atoms with Crippen LogP contribution in [0.5, 0.6) is 0 Å². The minimum Gasteiger partial charge on any atom is -0.459 e. The molecule has 0 aromatic heterocycles. The minimum atomic E-state index is -1.13. The first-order valence-corrected chi connectivity index (χ1v) is 9.46. The number of hydrogen-bond donors (Lipinski definition) is 2. The van der Waals surface area contributed by atoms with E-state index in [0.717, 1.165) is 12.0 Å². The molecule has 2 atom stereocenters. The van der Waals surface area contributed by atoms with Crippen LogP contribution in [-0.4, -0.2) is 53.9 Å². The summed E-state index contributed by atoms with van der Waals surface area (Å²) in [5, 5.41) is 5.68. The standard InChI is InChI=1S/C20H29N3O4/c1-4-16-10-11-23(14(2)3)17(24)12-21-19(25)18(22-16)20(26)27-13-15-8-6-5-7-9-15/h5-9,14,16,18,22H,4,10-13H2,1-3H3,(H,21,25)/t16?,18-/m1/s1. The first-order valence-electron chi connectivity index (χ1n) is 9.46. The highest BCUT2D eigenvalue weighted by atomic mass is 16.5. The van der Waals surface area contributed by atoms with Gasteiger partial charge in [-0.2, -0.15) is 0 Å². The highest BCUT2D eigenvalue weighted by Crippen LogP contribution is 2.09. The average Bonchev–Trinajstić information content (AvgIpc) is 2.67. The van der Waals surface area contributed by atoms with Gasteiger partial charge in [-0.05, 0) is 32.3 Å². The van der Waals surface area contributed by atoms with Crippen molar-refractivity contribution in [2.75, 3.05) is 13.1 Å². The highest BCUT2D eigenvalue weighted by molar-refractivity contribution is 6.03. The van der Waals surface area contributed by atoms with Crippen LogP contribution in [0, 0.1) is 0 Å². The zero-order valence-corrected chi connectivity index (χ0v) is 16.2. The second-order valence-corrected chi connectivity index (χ2v) is 6.99. The maximum absolute atomic E-state index is 12.5. The van der Waals surface area contributed by atoms with Crippen LogP contribution < -0.4 is 10.6 Å². The molecule has 0 saturated carbocycles. The molecule has 0 aliphatic carbocycles. The summed E-state index contributed by atoms with van der Waals surface area (Å²) in [6.07, 6.45) is 1.39. The molecule has 148 valence electrons. The van der Waals surface area contributed by atoms with E-state index in [9.17, 15) is 14.4 Å². The van der Waals surface area contributed by atoms with Gasteiger partial charge in [0.25, 0.3) is 0 Å². The molecule has 1 unspecified atom stereocenters. The van der Waals surface area contributed by atoms with E-state index in [1.807, 2.05) is 51.1 Å². The van der Waals surface area contributed by atoms with Gasteiger partial charge in [0.15, 0.2) is 6.04 Å². The Hall–Kier alpha value is -2.41. The zero-order chi connectivity index (χ0) is 19.8. The molecule has 7 heteroatoms. The van der Waals surface area contributed by atoms with E-state index in [1.165, 1.54) is 0 Å². The highest BCUT2D eigenvalue weighted by Gasteiger charge is 2.32. The summed E-state index contributed by atoms with van der Waals surface area (Å²) in [5.41, 5.74) is 0.848. The molecule has 0 bridgehead atoms. The molecule has 2 N–H and O–H groups in total. The third-order valence-corrected chi connectivity index (χ3v) is 4.69. The average molecular weight is 375 g/mol. The van der Waals surface area contributed by atoms with E-state index in [-0.39, 0.29) is 31.1 Å². The van der Waals surface area contributed by atoms with Crippen LogP contribution in [0.1, 0.15) is 39.2 Å². The summed E-state index contributed by atoms with van der Waals surface area (Å²) in [7, 11) is 0. The molecule has 0 spiro atoms. The SMILES string of the molecule is CCC1CCN(C(C)C)C(=O)CNC(=O)[C@H](C(=O)OCc2ccccc2)N1. The molecular weight excluding hydrogens is 346 g/mol. The molecule has 2 rings (SSSR count). The molecule has 2 amide bonds. The van der Waals surface area contributed by atoms with E-state index in [4.69, 9.17) is 4.74 Å². The van der Waals surface area contributed by atoms with Crippen molar-refractivity contribution < 1.29 is 19.1 Å². The number of esters is 1. The molecular formula is C20H29N3O4. The topological polar surface area (TPSA) is 87.7 Å². The Kier molecular flexibility index (Phi) is 7.79. The number of carbonyl (C=O) groups excluding carboxylic acids is 3. The van der Waals surface area contributed by atoms with Gasteiger partial charge in [0, 0.05) is 18.6 Å². The van der Waals surface area contributed by atoms with Crippen molar-refractivity contribution in [3.63, 3.8) is 0 Å². The zero-order valence-electron chi connectivity index (χ0n) is 16.2. The predicted octanol–water partition coefficient (Wildman–Crippen LogP) is 1.22. The molecule has 1 aliphatic heterocycles. The monoisotopic (exact) mass is 375 g/mol. The van der Waals surface area contributed by atoms with Gasteiger partial charge in [0.1, 0.15) is 6.61 Å². The molecule has 1 fully saturated rings. The Bertz CT molecular complexity index is 648. The van der Waals surface area contributed by atoms with Crippen LogP contribution in [0.3, 0.4) is 0 Å². The van der Waals surface area contributed by atoms with Crippen LogP contribution in [0.2, 0.25) is 0 Å². The first kappa shape index (κ1) is 20.9. The normalized spacial score (nSPS) is 21.7. The van der Waals surface area contributed by atoms with E-state index in [1.54, 1.807) is 4.90 Å². The number of rotatable bonds is 5.